The fourth-order valence-corrected chi connectivity index (χ4v) is 5.00. The number of hydrogen-bond acceptors (Lipinski definition) is 4. The summed E-state index contributed by atoms with van der Waals surface area (Å²) in [7, 11) is 0. The summed E-state index contributed by atoms with van der Waals surface area (Å²) in [5, 5.41) is 0.151. The van der Waals surface area contributed by atoms with E-state index in [1.807, 2.05) is 4.90 Å². The summed E-state index contributed by atoms with van der Waals surface area (Å²) in [5.41, 5.74) is 0. The van der Waals surface area contributed by atoms with Gasteiger partial charge >= 0.3 is 5.97 Å². The minimum atomic E-state index is -0.372. The predicted molar refractivity (Wildman–Crippen MR) is 94.2 cm³/mol. The van der Waals surface area contributed by atoms with Gasteiger partial charge in [0, 0.05) is 11.7 Å². The van der Waals surface area contributed by atoms with Gasteiger partial charge in [-0.05, 0) is 25.7 Å². The van der Waals surface area contributed by atoms with Gasteiger partial charge in [-0.2, -0.15) is 0 Å². The highest BCUT2D eigenvalue weighted by Crippen LogP contribution is 2.36. The van der Waals surface area contributed by atoms with Crippen LogP contribution in [0.25, 0.3) is 0 Å². The fourth-order valence-electron chi connectivity index (χ4n) is 3.48. The van der Waals surface area contributed by atoms with Crippen LogP contribution < -0.4 is 0 Å². The van der Waals surface area contributed by atoms with E-state index in [4.69, 9.17) is 4.74 Å². The zero-order valence-electron chi connectivity index (χ0n) is 14.6. The Morgan fingerprint density at radius 3 is 2.52 bits per heavy atom. The van der Waals surface area contributed by atoms with E-state index in [1.54, 1.807) is 11.8 Å². The Labute approximate surface area is 144 Å². The van der Waals surface area contributed by atoms with Crippen molar-refractivity contribution in [2.24, 2.45) is 5.92 Å². The van der Waals surface area contributed by atoms with Crippen molar-refractivity contribution in [2.45, 2.75) is 83.1 Å². The van der Waals surface area contributed by atoms with Crippen LogP contribution in [0.1, 0.15) is 71.6 Å². The molecular formula is C18H31NO3S. The number of hydrogen-bond donors (Lipinski definition) is 0. The topological polar surface area (TPSA) is 46.6 Å². The normalized spacial score (nSPS) is 25.6. The molecule has 0 aromatic heterocycles. The Kier molecular flexibility index (Phi) is 7.74. The lowest BCUT2D eigenvalue weighted by molar-refractivity contribution is -0.156. The Balaban J connectivity index is 2.03. The van der Waals surface area contributed by atoms with Crippen LogP contribution in [0, 0.1) is 5.92 Å². The average molecular weight is 342 g/mol. The molecule has 0 N–H and O–H groups in total. The standard InChI is InChI=1S/C18H31NO3S/c1-3-5-12-22-18(21)15-13-23-16(9-4-2)19(15)17(20)14-10-7-6-8-11-14/h14-16H,3-13H2,1-2H3. The zero-order chi connectivity index (χ0) is 16.7. The van der Waals surface area contributed by atoms with E-state index in [0.717, 1.165) is 51.4 Å². The zero-order valence-corrected chi connectivity index (χ0v) is 15.4. The molecule has 23 heavy (non-hydrogen) atoms. The van der Waals surface area contributed by atoms with Crippen molar-refractivity contribution in [1.29, 1.82) is 0 Å². The van der Waals surface area contributed by atoms with Crippen molar-refractivity contribution in [3.63, 3.8) is 0 Å². The number of esters is 1. The van der Waals surface area contributed by atoms with E-state index < -0.39 is 0 Å². The highest BCUT2D eigenvalue weighted by Gasteiger charge is 2.43. The van der Waals surface area contributed by atoms with Crippen molar-refractivity contribution in [3.8, 4) is 0 Å². The van der Waals surface area contributed by atoms with Crippen molar-refractivity contribution in [3.05, 3.63) is 0 Å². The van der Waals surface area contributed by atoms with Gasteiger partial charge in [0.15, 0.2) is 0 Å². The molecule has 2 unspecified atom stereocenters. The van der Waals surface area contributed by atoms with Crippen LogP contribution in [-0.2, 0) is 14.3 Å². The third-order valence-corrected chi connectivity index (χ3v) is 6.21. The second-order valence-corrected chi connectivity index (χ2v) is 7.90. The molecule has 0 bridgehead atoms. The van der Waals surface area contributed by atoms with Crippen LogP contribution in [0.5, 0.6) is 0 Å². The molecule has 1 saturated heterocycles. The van der Waals surface area contributed by atoms with Gasteiger partial charge in [0.25, 0.3) is 0 Å². The summed E-state index contributed by atoms with van der Waals surface area (Å²) in [6.07, 6.45) is 9.37. The van der Waals surface area contributed by atoms with Gasteiger partial charge in [-0.25, -0.2) is 4.79 Å². The van der Waals surface area contributed by atoms with Gasteiger partial charge in [0.1, 0.15) is 6.04 Å². The average Bonchev–Trinajstić information content (AvgIpc) is 2.99. The first kappa shape index (κ1) is 18.6. The second kappa shape index (κ2) is 9.55. The van der Waals surface area contributed by atoms with E-state index in [1.165, 1.54) is 6.42 Å². The van der Waals surface area contributed by atoms with E-state index in [0.29, 0.717) is 12.4 Å². The van der Waals surface area contributed by atoms with Crippen LogP contribution >= 0.6 is 11.8 Å². The number of carbonyl (C=O) groups is 2. The maximum atomic E-state index is 13.0. The number of thioether (sulfide) groups is 1. The lowest BCUT2D eigenvalue weighted by Crippen LogP contribution is -2.49. The first-order valence-corrected chi connectivity index (χ1v) is 10.3. The van der Waals surface area contributed by atoms with Gasteiger partial charge in [-0.15, -0.1) is 11.8 Å². The Morgan fingerprint density at radius 1 is 1.13 bits per heavy atom. The molecule has 4 nitrogen and oxygen atoms in total. The molecule has 0 radical (unpaired) electrons. The molecule has 2 atom stereocenters. The third kappa shape index (κ3) is 4.88. The lowest BCUT2D eigenvalue weighted by atomic mass is 9.88. The SMILES string of the molecule is CCCCOC(=O)C1CSC(CCC)N1C(=O)C1CCCCC1. The minimum absolute atomic E-state index is 0.118. The number of ether oxygens (including phenoxy) is 1. The van der Waals surface area contributed by atoms with E-state index in [2.05, 4.69) is 13.8 Å². The van der Waals surface area contributed by atoms with Crippen molar-refractivity contribution >= 4 is 23.6 Å². The van der Waals surface area contributed by atoms with Crippen molar-refractivity contribution in [1.82, 2.24) is 4.90 Å². The summed E-state index contributed by atoms with van der Waals surface area (Å²) in [5.74, 6) is 0.806. The molecule has 1 saturated carbocycles. The van der Waals surface area contributed by atoms with Crippen LogP contribution in [0.4, 0.5) is 0 Å². The Hall–Kier alpha value is -0.710. The molecule has 1 heterocycles. The maximum Gasteiger partial charge on any atom is 0.329 e. The van der Waals surface area contributed by atoms with Gasteiger partial charge in [0.05, 0.1) is 12.0 Å². The summed E-state index contributed by atoms with van der Waals surface area (Å²) >= 11 is 1.75. The van der Waals surface area contributed by atoms with E-state index in [-0.39, 0.29) is 29.2 Å². The molecule has 2 aliphatic rings. The molecule has 0 aromatic carbocycles. The molecular weight excluding hydrogens is 310 g/mol. The summed E-state index contributed by atoms with van der Waals surface area (Å²) in [6, 6.07) is -0.372. The summed E-state index contributed by atoms with van der Waals surface area (Å²) in [6.45, 7) is 4.69. The number of unbranched alkanes of at least 4 members (excludes halogenated alkanes) is 1. The number of amides is 1. The van der Waals surface area contributed by atoms with Crippen LogP contribution in [-0.4, -0.2) is 40.6 Å². The molecule has 0 aromatic rings. The van der Waals surface area contributed by atoms with Crippen LogP contribution in [0.3, 0.4) is 0 Å². The predicted octanol–water partition coefficient (Wildman–Crippen LogP) is 3.98. The highest BCUT2D eigenvalue weighted by atomic mass is 32.2. The lowest BCUT2D eigenvalue weighted by Gasteiger charge is -2.33. The first-order valence-electron chi connectivity index (χ1n) is 9.29. The van der Waals surface area contributed by atoms with Crippen LogP contribution in [0.2, 0.25) is 0 Å². The van der Waals surface area contributed by atoms with Crippen LogP contribution in [0.15, 0.2) is 0 Å². The monoisotopic (exact) mass is 341 g/mol. The second-order valence-electron chi connectivity index (χ2n) is 6.69. The van der Waals surface area contributed by atoms with Crippen molar-refractivity contribution < 1.29 is 14.3 Å². The van der Waals surface area contributed by atoms with E-state index in [9.17, 15) is 9.59 Å². The molecule has 1 amide bonds. The molecule has 1 aliphatic carbocycles. The number of carbonyl (C=O) groups excluding carboxylic acids is 2. The first-order chi connectivity index (χ1) is 11.2. The smallest absolute Gasteiger partial charge is 0.329 e. The quantitative estimate of drug-likeness (QED) is 0.519. The summed E-state index contributed by atoms with van der Waals surface area (Å²) in [4.78, 5) is 27.4. The molecule has 1 aliphatic heterocycles. The number of nitrogens with zero attached hydrogens (tertiary/aromatic N) is 1. The highest BCUT2D eigenvalue weighted by molar-refractivity contribution is 8.00. The van der Waals surface area contributed by atoms with Gasteiger partial charge < -0.3 is 9.64 Å². The van der Waals surface area contributed by atoms with Gasteiger partial charge in [-0.3, -0.25) is 4.79 Å². The molecule has 2 rings (SSSR count). The molecule has 0 spiro atoms. The Morgan fingerprint density at radius 2 is 1.87 bits per heavy atom. The molecule has 2 fully saturated rings. The van der Waals surface area contributed by atoms with E-state index >= 15 is 0 Å². The summed E-state index contributed by atoms with van der Waals surface area (Å²) < 4.78 is 5.41. The largest absolute Gasteiger partial charge is 0.464 e. The fraction of sp³-hybridized carbons (Fsp3) is 0.889. The van der Waals surface area contributed by atoms with Gasteiger partial charge in [0.2, 0.25) is 5.91 Å². The van der Waals surface area contributed by atoms with Crippen molar-refractivity contribution in [2.75, 3.05) is 12.4 Å². The van der Waals surface area contributed by atoms with Gasteiger partial charge in [-0.1, -0.05) is 46.0 Å². The maximum absolute atomic E-state index is 13.0. The molecule has 132 valence electrons. The molecule has 5 heteroatoms. The number of rotatable bonds is 7. The third-order valence-electron chi connectivity index (χ3n) is 4.85. The minimum Gasteiger partial charge on any atom is -0.464 e. The Bertz CT molecular complexity index is 396.